The maximum Gasteiger partial charge on any atom is 0.416 e. The van der Waals surface area contributed by atoms with E-state index in [0.717, 1.165) is 18.4 Å². The van der Waals surface area contributed by atoms with E-state index >= 15 is 0 Å². The van der Waals surface area contributed by atoms with E-state index in [9.17, 15) is 31.5 Å². The van der Waals surface area contributed by atoms with Gasteiger partial charge in [-0.05, 0) is 43.8 Å². The number of hydrogen-bond acceptors (Lipinski definition) is 6. The fraction of sp³-hybridized carbons (Fsp3) is 0.480. The van der Waals surface area contributed by atoms with Gasteiger partial charge in [-0.15, -0.1) is 0 Å². The normalized spacial score (nSPS) is 19.6. The first-order chi connectivity index (χ1) is 17.2. The molecule has 1 amide bonds. The molecule has 12 heteroatoms. The number of ether oxygens (including phenoxy) is 1. The minimum absolute atomic E-state index is 0.0903. The molecule has 0 spiro atoms. The highest BCUT2D eigenvalue weighted by Crippen LogP contribution is 2.35. The van der Waals surface area contributed by atoms with Gasteiger partial charge in [0.15, 0.2) is 5.75 Å². The van der Waals surface area contributed by atoms with Crippen molar-refractivity contribution >= 4 is 21.6 Å². The summed E-state index contributed by atoms with van der Waals surface area (Å²) >= 11 is 0. The van der Waals surface area contributed by atoms with Crippen molar-refractivity contribution < 1.29 is 36.2 Å². The van der Waals surface area contributed by atoms with Gasteiger partial charge in [-0.2, -0.15) is 13.2 Å². The SMILES string of the molecule is C[C@@H]1CN([C@@H](C)CO)C(=O)c2cccc(NS(C)(=O)=O)c2O[C@H]1CN(C)Cc1ccc(C(F)(F)F)cc1. The number of halogens is 3. The van der Waals surface area contributed by atoms with Crippen LogP contribution in [0.4, 0.5) is 18.9 Å². The molecule has 2 N–H and O–H groups in total. The molecule has 2 aromatic rings. The van der Waals surface area contributed by atoms with Gasteiger partial charge >= 0.3 is 6.18 Å². The number of hydrogen-bond donors (Lipinski definition) is 2. The van der Waals surface area contributed by atoms with Crippen molar-refractivity contribution in [2.45, 2.75) is 38.7 Å². The Kier molecular flexibility index (Phi) is 8.76. The molecule has 8 nitrogen and oxygen atoms in total. The molecule has 3 rings (SSSR count). The van der Waals surface area contributed by atoms with Crippen molar-refractivity contribution in [1.29, 1.82) is 0 Å². The number of anilines is 1. The monoisotopic (exact) mass is 543 g/mol. The summed E-state index contributed by atoms with van der Waals surface area (Å²) in [5.41, 5.74) is 0.242. The summed E-state index contributed by atoms with van der Waals surface area (Å²) < 4.78 is 71.3. The fourth-order valence-electron chi connectivity index (χ4n) is 4.22. The average molecular weight is 544 g/mol. The van der Waals surface area contributed by atoms with Crippen LogP contribution in [-0.4, -0.2) is 74.4 Å². The topological polar surface area (TPSA) is 99.2 Å². The lowest BCUT2D eigenvalue weighted by molar-refractivity contribution is -0.137. The van der Waals surface area contributed by atoms with Gasteiger partial charge in [-0.1, -0.05) is 25.1 Å². The number of likely N-dealkylation sites (N-methyl/N-ethyl adjacent to an activating group) is 1. The van der Waals surface area contributed by atoms with Gasteiger partial charge in [-0.3, -0.25) is 14.4 Å². The van der Waals surface area contributed by atoms with Crippen LogP contribution in [0.1, 0.15) is 35.3 Å². The smallest absolute Gasteiger partial charge is 0.416 e. The molecule has 204 valence electrons. The zero-order chi connectivity index (χ0) is 27.5. The Morgan fingerprint density at radius 3 is 2.43 bits per heavy atom. The molecule has 1 aliphatic heterocycles. The van der Waals surface area contributed by atoms with E-state index in [1.807, 2.05) is 11.8 Å². The quantitative estimate of drug-likeness (QED) is 0.530. The number of para-hydroxylation sites is 1. The number of fused-ring (bicyclic) bond motifs is 1. The predicted octanol–water partition coefficient (Wildman–Crippen LogP) is 3.43. The second-order valence-electron chi connectivity index (χ2n) is 9.57. The Hall–Kier alpha value is -2.83. The van der Waals surface area contributed by atoms with Gasteiger partial charge in [0, 0.05) is 25.6 Å². The highest BCUT2D eigenvalue weighted by Gasteiger charge is 2.35. The molecule has 0 saturated carbocycles. The lowest BCUT2D eigenvalue weighted by Gasteiger charge is -2.38. The molecule has 0 aromatic heterocycles. The molecule has 0 unspecified atom stereocenters. The van der Waals surface area contributed by atoms with Gasteiger partial charge in [0.25, 0.3) is 5.91 Å². The van der Waals surface area contributed by atoms with Gasteiger partial charge in [-0.25, -0.2) is 8.42 Å². The summed E-state index contributed by atoms with van der Waals surface area (Å²) in [6.45, 7) is 4.31. The van der Waals surface area contributed by atoms with Crippen molar-refractivity contribution in [2.24, 2.45) is 5.92 Å². The third-order valence-electron chi connectivity index (χ3n) is 6.21. The highest BCUT2D eigenvalue weighted by molar-refractivity contribution is 7.92. The van der Waals surface area contributed by atoms with Crippen molar-refractivity contribution in [3.63, 3.8) is 0 Å². The summed E-state index contributed by atoms with van der Waals surface area (Å²) in [6, 6.07) is 9.03. The number of nitrogens with one attached hydrogen (secondary N) is 1. The molecule has 37 heavy (non-hydrogen) atoms. The number of sulfonamides is 1. The number of aliphatic hydroxyl groups excluding tert-OH is 1. The van der Waals surface area contributed by atoms with E-state index in [-0.39, 0.29) is 36.1 Å². The van der Waals surface area contributed by atoms with E-state index in [0.29, 0.717) is 18.7 Å². The number of alkyl halides is 3. The Morgan fingerprint density at radius 2 is 1.86 bits per heavy atom. The standard InChI is InChI=1S/C25H32F3N3O5S/c1-16-12-31(17(2)15-32)24(33)20-6-5-7-21(29-37(4,34)35)23(20)36-22(16)14-30(3)13-18-8-10-19(11-9-18)25(26,27)28/h5-11,16-17,22,29,32H,12-15H2,1-4H3/t16-,17+,22+/m1/s1. The van der Waals surface area contributed by atoms with Crippen LogP contribution in [0.25, 0.3) is 0 Å². The van der Waals surface area contributed by atoms with E-state index in [2.05, 4.69) is 4.72 Å². The van der Waals surface area contributed by atoms with Gasteiger partial charge in [0.05, 0.1) is 35.7 Å². The summed E-state index contributed by atoms with van der Waals surface area (Å²) in [5.74, 6) is -0.530. The van der Waals surface area contributed by atoms with Crippen molar-refractivity contribution in [1.82, 2.24) is 9.80 Å². The minimum Gasteiger partial charge on any atom is -0.486 e. The van der Waals surface area contributed by atoms with Crippen LogP contribution in [-0.2, 0) is 22.7 Å². The molecule has 0 aliphatic carbocycles. The maximum atomic E-state index is 13.4. The zero-order valence-corrected chi connectivity index (χ0v) is 21.9. The van der Waals surface area contributed by atoms with Crippen LogP contribution >= 0.6 is 0 Å². The number of nitrogens with zero attached hydrogens (tertiary/aromatic N) is 2. The Labute approximate surface area is 215 Å². The van der Waals surface area contributed by atoms with Crippen LogP contribution in [0.2, 0.25) is 0 Å². The number of aliphatic hydroxyl groups is 1. The molecular formula is C25H32F3N3O5S. The van der Waals surface area contributed by atoms with Gasteiger partial charge in [0.1, 0.15) is 6.10 Å². The van der Waals surface area contributed by atoms with Crippen LogP contribution < -0.4 is 9.46 Å². The number of rotatable bonds is 8. The zero-order valence-electron chi connectivity index (χ0n) is 21.1. The fourth-order valence-corrected chi connectivity index (χ4v) is 4.78. The largest absolute Gasteiger partial charge is 0.486 e. The summed E-state index contributed by atoms with van der Waals surface area (Å²) in [4.78, 5) is 16.8. The van der Waals surface area contributed by atoms with E-state index in [1.165, 1.54) is 18.2 Å². The summed E-state index contributed by atoms with van der Waals surface area (Å²) in [5, 5.41) is 9.76. The lowest BCUT2D eigenvalue weighted by Crippen LogP contribution is -2.49. The third-order valence-corrected chi connectivity index (χ3v) is 6.80. The lowest BCUT2D eigenvalue weighted by atomic mass is 9.99. The van der Waals surface area contributed by atoms with Gasteiger partial charge in [0.2, 0.25) is 10.0 Å². The molecule has 1 heterocycles. The first-order valence-corrected chi connectivity index (χ1v) is 13.6. The molecule has 1 aliphatic rings. The number of carbonyl (C=O) groups is 1. The second kappa shape index (κ2) is 11.3. The van der Waals surface area contributed by atoms with Gasteiger partial charge < -0.3 is 14.7 Å². The summed E-state index contributed by atoms with van der Waals surface area (Å²) in [6.07, 6.45) is -3.93. The molecule has 0 saturated heterocycles. The van der Waals surface area contributed by atoms with E-state index in [4.69, 9.17) is 4.74 Å². The second-order valence-corrected chi connectivity index (χ2v) is 11.3. The Bertz CT molecular complexity index is 1210. The molecule has 3 atom stereocenters. The first kappa shape index (κ1) is 28.7. The average Bonchev–Trinajstić information content (AvgIpc) is 2.80. The van der Waals surface area contributed by atoms with Crippen molar-refractivity contribution in [3.8, 4) is 5.75 Å². The number of benzene rings is 2. The first-order valence-electron chi connectivity index (χ1n) is 11.7. The molecular weight excluding hydrogens is 511 g/mol. The Balaban J connectivity index is 1.91. The minimum atomic E-state index is -4.41. The Morgan fingerprint density at radius 1 is 1.22 bits per heavy atom. The molecule has 0 fully saturated rings. The van der Waals surface area contributed by atoms with Crippen LogP contribution in [0.5, 0.6) is 5.75 Å². The number of amides is 1. The van der Waals surface area contributed by atoms with E-state index < -0.39 is 39.8 Å². The third kappa shape index (κ3) is 7.36. The van der Waals surface area contributed by atoms with Crippen LogP contribution in [0.15, 0.2) is 42.5 Å². The summed E-state index contributed by atoms with van der Waals surface area (Å²) in [7, 11) is -1.88. The molecule has 2 aromatic carbocycles. The van der Waals surface area contributed by atoms with Crippen LogP contribution in [0.3, 0.4) is 0 Å². The maximum absolute atomic E-state index is 13.4. The van der Waals surface area contributed by atoms with Crippen molar-refractivity contribution in [3.05, 3.63) is 59.2 Å². The van der Waals surface area contributed by atoms with Crippen LogP contribution in [0, 0.1) is 5.92 Å². The number of carbonyl (C=O) groups excluding carboxylic acids is 1. The highest BCUT2D eigenvalue weighted by atomic mass is 32.2. The van der Waals surface area contributed by atoms with E-state index in [1.54, 1.807) is 31.0 Å². The van der Waals surface area contributed by atoms with Crippen molar-refractivity contribution in [2.75, 3.05) is 37.7 Å². The molecule has 0 bridgehead atoms. The molecule has 0 radical (unpaired) electrons. The predicted molar refractivity (Wildman–Crippen MR) is 134 cm³/mol.